The molecule has 0 saturated carbocycles. The Labute approximate surface area is 114 Å². The molecule has 19 heavy (non-hydrogen) atoms. The molecule has 0 aliphatic carbocycles. The van der Waals surface area contributed by atoms with Gasteiger partial charge in [-0.3, -0.25) is 14.9 Å². The first-order valence-electron chi connectivity index (χ1n) is 5.59. The third-order valence-electron chi connectivity index (χ3n) is 1.87. The summed E-state index contributed by atoms with van der Waals surface area (Å²) in [6.45, 7) is 2.35. The zero-order valence-corrected chi connectivity index (χ0v) is 11.3. The molecule has 0 radical (unpaired) electrons. The maximum Gasteiger partial charge on any atom is 0.327 e. The Hall–Kier alpha value is -1.77. The van der Waals surface area contributed by atoms with Gasteiger partial charge in [-0.1, -0.05) is 6.92 Å². The number of hydrogen-bond donors (Lipinski definition) is 4. The summed E-state index contributed by atoms with van der Waals surface area (Å²) in [6, 6.07) is -1.63. The standard InChI is InChI=1S/C10H17N3O5S/c1-2-3-11-10(18)13-8(15)5-19-4-7(9(16)17)12-6-14/h6-7H,2-5H2,1H3,(H,12,14)(H,16,17)(H2,11,13,15,18). The van der Waals surface area contributed by atoms with E-state index in [1.807, 2.05) is 6.92 Å². The van der Waals surface area contributed by atoms with Crippen molar-refractivity contribution in [3.05, 3.63) is 0 Å². The highest BCUT2D eigenvalue weighted by atomic mass is 32.2. The normalized spacial score (nSPS) is 11.2. The number of imide groups is 1. The number of rotatable bonds is 9. The minimum atomic E-state index is -1.18. The first kappa shape index (κ1) is 17.2. The Kier molecular flexibility index (Phi) is 9.23. The summed E-state index contributed by atoms with van der Waals surface area (Å²) in [5, 5.41) is 15.4. The summed E-state index contributed by atoms with van der Waals surface area (Å²) in [7, 11) is 0. The van der Waals surface area contributed by atoms with Crippen molar-refractivity contribution in [1.29, 1.82) is 0 Å². The van der Waals surface area contributed by atoms with Crippen molar-refractivity contribution in [2.24, 2.45) is 0 Å². The zero-order valence-electron chi connectivity index (χ0n) is 10.5. The highest BCUT2D eigenvalue weighted by Gasteiger charge is 2.17. The minimum absolute atomic E-state index is 0.0398. The van der Waals surface area contributed by atoms with Crippen LogP contribution >= 0.6 is 11.8 Å². The summed E-state index contributed by atoms with van der Waals surface area (Å²) in [4.78, 5) is 43.2. The monoisotopic (exact) mass is 291 g/mol. The number of carbonyl (C=O) groups is 4. The number of hydrogen-bond acceptors (Lipinski definition) is 5. The van der Waals surface area contributed by atoms with Gasteiger partial charge < -0.3 is 15.7 Å². The van der Waals surface area contributed by atoms with Gasteiger partial charge in [0.25, 0.3) is 0 Å². The van der Waals surface area contributed by atoms with Crippen LogP contribution in [-0.4, -0.2) is 53.5 Å². The third-order valence-corrected chi connectivity index (χ3v) is 2.91. The highest BCUT2D eigenvalue weighted by Crippen LogP contribution is 2.02. The quantitative estimate of drug-likeness (QED) is 0.410. The molecule has 1 atom stereocenters. The second-order valence-electron chi connectivity index (χ2n) is 3.49. The largest absolute Gasteiger partial charge is 0.480 e. The van der Waals surface area contributed by atoms with Gasteiger partial charge in [-0.2, -0.15) is 0 Å². The average Bonchev–Trinajstić information content (AvgIpc) is 2.35. The number of aliphatic carboxylic acids is 1. The van der Waals surface area contributed by atoms with Crippen LogP contribution < -0.4 is 16.0 Å². The molecule has 0 bridgehead atoms. The topological polar surface area (TPSA) is 125 Å². The molecule has 0 saturated heterocycles. The minimum Gasteiger partial charge on any atom is -0.480 e. The van der Waals surface area contributed by atoms with E-state index < -0.39 is 23.9 Å². The van der Waals surface area contributed by atoms with E-state index >= 15 is 0 Å². The fraction of sp³-hybridized carbons (Fsp3) is 0.600. The van der Waals surface area contributed by atoms with Crippen molar-refractivity contribution in [2.45, 2.75) is 19.4 Å². The average molecular weight is 291 g/mol. The van der Waals surface area contributed by atoms with Crippen LogP contribution in [0.15, 0.2) is 0 Å². The maximum atomic E-state index is 11.3. The van der Waals surface area contributed by atoms with Crippen LogP contribution in [0.2, 0.25) is 0 Å². The van der Waals surface area contributed by atoms with E-state index in [0.29, 0.717) is 6.54 Å². The van der Waals surface area contributed by atoms with E-state index in [-0.39, 0.29) is 17.9 Å². The molecule has 0 aliphatic rings. The Balaban J connectivity index is 3.86. The Morgan fingerprint density at radius 2 is 2.05 bits per heavy atom. The molecule has 9 heteroatoms. The predicted molar refractivity (Wildman–Crippen MR) is 69.8 cm³/mol. The van der Waals surface area contributed by atoms with E-state index in [2.05, 4.69) is 16.0 Å². The van der Waals surface area contributed by atoms with Crippen molar-refractivity contribution < 1.29 is 24.3 Å². The molecule has 0 fully saturated rings. The van der Waals surface area contributed by atoms with Crippen LogP contribution in [-0.2, 0) is 14.4 Å². The number of nitrogens with one attached hydrogen (secondary N) is 3. The van der Waals surface area contributed by atoms with Gasteiger partial charge in [0.2, 0.25) is 12.3 Å². The number of urea groups is 1. The predicted octanol–water partition coefficient (Wildman–Crippen LogP) is -0.845. The summed E-state index contributed by atoms with van der Waals surface area (Å²) < 4.78 is 0. The SMILES string of the molecule is CCCNC(=O)NC(=O)CSCC(NC=O)C(=O)O. The molecule has 0 aliphatic heterocycles. The van der Waals surface area contributed by atoms with Crippen molar-refractivity contribution >= 4 is 36.1 Å². The molecule has 0 heterocycles. The second-order valence-corrected chi connectivity index (χ2v) is 4.52. The Bertz CT molecular complexity index is 337. The lowest BCUT2D eigenvalue weighted by Gasteiger charge is -2.10. The second kappa shape index (κ2) is 10.2. The molecule has 1 unspecified atom stereocenters. The molecular weight excluding hydrogens is 274 g/mol. The van der Waals surface area contributed by atoms with Crippen LogP contribution in [0, 0.1) is 0 Å². The van der Waals surface area contributed by atoms with Crippen LogP contribution in [0.25, 0.3) is 0 Å². The van der Waals surface area contributed by atoms with Crippen molar-refractivity contribution in [3.8, 4) is 0 Å². The van der Waals surface area contributed by atoms with Gasteiger partial charge in [0.05, 0.1) is 5.75 Å². The number of carboxylic acid groups (broad SMARTS) is 1. The van der Waals surface area contributed by atoms with Gasteiger partial charge in [0, 0.05) is 12.3 Å². The molecule has 0 aromatic carbocycles. The summed E-state index contributed by atoms with van der Waals surface area (Å²) in [6.07, 6.45) is 1.05. The molecular formula is C10H17N3O5S. The lowest BCUT2D eigenvalue weighted by molar-refractivity contribution is -0.139. The first-order valence-corrected chi connectivity index (χ1v) is 6.74. The van der Waals surface area contributed by atoms with E-state index in [1.165, 1.54) is 0 Å². The molecule has 0 aromatic heterocycles. The first-order chi connectivity index (χ1) is 9.01. The summed E-state index contributed by atoms with van der Waals surface area (Å²) in [5.41, 5.74) is 0. The van der Waals surface area contributed by atoms with E-state index in [4.69, 9.17) is 5.11 Å². The van der Waals surface area contributed by atoms with E-state index in [0.717, 1.165) is 18.2 Å². The van der Waals surface area contributed by atoms with Crippen LogP contribution in [0.5, 0.6) is 0 Å². The van der Waals surface area contributed by atoms with Crippen molar-refractivity contribution in [1.82, 2.24) is 16.0 Å². The van der Waals surface area contributed by atoms with Gasteiger partial charge in [-0.05, 0) is 6.42 Å². The van der Waals surface area contributed by atoms with Gasteiger partial charge in [-0.25, -0.2) is 9.59 Å². The maximum absolute atomic E-state index is 11.3. The Morgan fingerprint density at radius 1 is 1.37 bits per heavy atom. The van der Waals surface area contributed by atoms with Crippen molar-refractivity contribution in [3.63, 3.8) is 0 Å². The van der Waals surface area contributed by atoms with Crippen LogP contribution in [0.3, 0.4) is 0 Å². The lowest BCUT2D eigenvalue weighted by atomic mass is 10.3. The zero-order chi connectivity index (χ0) is 14.7. The van der Waals surface area contributed by atoms with Gasteiger partial charge in [-0.15, -0.1) is 11.8 Å². The highest BCUT2D eigenvalue weighted by molar-refractivity contribution is 8.00. The third kappa shape index (κ3) is 8.89. The number of amides is 4. The molecule has 108 valence electrons. The Morgan fingerprint density at radius 3 is 2.58 bits per heavy atom. The molecule has 0 rings (SSSR count). The molecule has 8 nitrogen and oxygen atoms in total. The lowest BCUT2D eigenvalue weighted by Crippen LogP contribution is -2.41. The molecule has 4 amide bonds. The van der Waals surface area contributed by atoms with Crippen LogP contribution in [0.4, 0.5) is 4.79 Å². The van der Waals surface area contributed by atoms with Gasteiger partial charge in [0.1, 0.15) is 6.04 Å². The number of carbonyl (C=O) groups excluding carboxylic acids is 3. The smallest absolute Gasteiger partial charge is 0.327 e. The number of carboxylic acids is 1. The summed E-state index contributed by atoms with van der Waals surface area (Å²) in [5.74, 6) is -1.73. The fourth-order valence-corrected chi connectivity index (χ4v) is 1.84. The van der Waals surface area contributed by atoms with E-state index in [9.17, 15) is 19.2 Å². The van der Waals surface area contributed by atoms with Crippen molar-refractivity contribution in [2.75, 3.05) is 18.1 Å². The molecule has 0 aromatic rings. The van der Waals surface area contributed by atoms with E-state index in [1.54, 1.807) is 0 Å². The molecule has 4 N–H and O–H groups in total. The van der Waals surface area contributed by atoms with Crippen LogP contribution in [0.1, 0.15) is 13.3 Å². The molecule has 0 spiro atoms. The number of thioether (sulfide) groups is 1. The van der Waals surface area contributed by atoms with Gasteiger partial charge in [0.15, 0.2) is 0 Å². The van der Waals surface area contributed by atoms with Gasteiger partial charge >= 0.3 is 12.0 Å². The fourth-order valence-electron chi connectivity index (χ4n) is 0.988. The summed E-state index contributed by atoms with van der Waals surface area (Å²) >= 11 is 1.01.